The summed E-state index contributed by atoms with van der Waals surface area (Å²) in [4.78, 5) is 25.8. The van der Waals surface area contributed by atoms with Gasteiger partial charge in [-0.25, -0.2) is 4.79 Å². The van der Waals surface area contributed by atoms with Gasteiger partial charge >= 0.3 is 12.0 Å². The number of urea groups is 1. The van der Waals surface area contributed by atoms with E-state index >= 15 is 0 Å². The van der Waals surface area contributed by atoms with Crippen molar-refractivity contribution in [3.05, 3.63) is 29.8 Å². The van der Waals surface area contributed by atoms with Gasteiger partial charge in [-0.2, -0.15) is 8.42 Å². The van der Waals surface area contributed by atoms with Crippen molar-refractivity contribution in [1.29, 1.82) is 0 Å². The van der Waals surface area contributed by atoms with Crippen LogP contribution < -0.4 is 5.32 Å². The zero-order valence-electron chi connectivity index (χ0n) is 19.1. The number of unbranched alkanes of at least 4 members (excludes halogenated alkanes) is 2. The highest BCUT2D eigenvalue weighted by molar-refractivity contribution is 7.86. The fourth-order valence-electron chi connectivity index (χ4n) is 4.62. The number of rotatable bonds is 11. The first-order valence-electron chi connectivity index (χ1n) is 11.4. The maximum absolute atomic E-state index is 12.7. The van der Waals surface area contributed by atoms with E-state index < -0.39 is 16.2 Å². The molecule has 1 saturated carbocycles. The standard InChI is InChI=1S/C23H34N2O6S/c1-4-5-6-9-18(30-17(3)26)11-12-25-22-15-19(14-21(22)24-23(25)27)31-32(28,29)20-10-7-8-16(2)13-20/h7-8,10,13,18-19,21-22H,4-6,9,11-12,14-15H2,1-3H3,(H,24,27)/t18?,19-,21+,22-/m1/s1. The fourth-order valence-corrected chi connectivity index (χ4v) is 5.82. The van der Waals surface area contributed by atoms with E-state index in [1.54, 1.807) is 17.0 Å². The van der Waals surface area contributed by atoms with Gasteiger partial charge in [0.15, 0.2) is 0 Å². The number of carbonyl (C=O) groups excluding carboxylic acids is 2. The van der Waals surface area contributed by atoms with Gasteiger partial charge in [-0.3, -0.25) is 8.98 Å². The van der Waals surface area contributed by atoms with Crippen LogP contribution in [-0.4, -0.2) is 56.2 Å². The molecule has 3 rings (SSSR count). The van der Waals surface area contributed by atoms with Gasteiger partial charge in [0, 0.05) is 19.9 Å². The van der Waals surface area contributed by atoms with Gasteiger partial charge in [0.2, 0.25) is 0 Å². The fraction of sp³-hybridized carbons (Fsp3) is 0.652. The van der Waals surface area contributed by atoms with Crippen molar-refractivity contribution in [1.82, 2.24) is 10.2 Å². The van der Waals surface area contributed by atoms with Gasteiger partial charge in [0.25, 0.3) is 10.1 Å². The molecule has 1 heterocycles. The number of aryl methyl sites for hydroxylation is 1. The summed E-state index contributed by atoms with van der Waals surface area (Å²) in [6, 6.07) is 6.21. The summed E-state index contributed by atoms with van der Waals surface area (Å²) in [5.74, 6) is -0.314. The van der Waals surface area contributed by atoms with Crippen LogP contribution in [0.4, 0.5) is 4.79 Å². The second kappa shape index (κ2) is 10.7. The van der Waals surface area contributed by atoms with Crippen molar-refractivity contribution in [3.8, 4) is 0 Å². The molecular formula is C23H34N2O6S. The van der Waals surface area contributed by atoms with Gasteiger partial charge in [0.1, 0.15) is 6.10 Å². The zero-order chi connectivity index (χ0) is 23.3. The van der Waals surface area contributed by atoms with Crippen LogP contribution >= 0.6 is 0 Å². The molecule has 9 heteroatoms. The molecule has 0 radical (unpaired) electrons. The molecule has 0 spiro atoms. The van der Waals surface area contributed by atoms with Crippen LogP contribution in [0.5, 0.6) is 0 Å². The van der Waals surface area contributed by atoms with Crippen molar-refractivity contribution in [2.24, 2.45) is 0 Å². The molecule has 178 valence electrons. The summed E-state index contributed by atoms with van der Waals surface area (Å²) in [5.41, 5.74) is 0.845. The predicted molar refractivity (Wildman–Crippen MR) is 120 cm³/mol. The van der Waals surface area contributed by atoms with Crippen molar-refractivity contribution in [3.63, 3.8) is 0 Å². The summed E-state index contributed by atoms with van der Waals surface area (Å²) in [7, 11) is -3.87. The van der Waals surface area contributed by atoms with Gasteiger partial charge in [-0.05, 0) is 50.3 Å². The summed E-state index contributed by atoms with van der Waals surface area (Å²) < 4.78 is 36.3. The number of esters is 1. The molecular weight excluding hydrogens is 432 g/mol. The highest BCUT2D eigenvalue weighted by Gasteiger charge is 2.47. The number of fused-ring (bicyclic) bond motifs is 1. The van der Waals surface area contributed by atoms with Crippen molar-refractivity contribution in [2.45, 2.75) is 94.9 Å². The van der Waals surface area contributed by atoms with Gasteiger partial charge in [-0.1, -0.05) is 31.9 Å². The first-order valence-corrected chi connectivity index (χ1v) is 12.8. The van der Waals surface area contributed by atoms with Crippen LogP contribution in [0.25, 0.3) is 0 Å². The molecule has 0 bridgehead atoms. The smallest absolute Gasteiger partial charge is 0.318 e. The summed E-state index contributed by atoms with van der Waals surface area (Å²) in [5, 5.41) is 2.95. The lowest BCUT2D eigenvalue weighted by Crippen LogP contribution is -2.37. The molecule has 1 aromatic carbocycles. The second-order valence-electron chi connectivity index (χ2n) is 8.79. The lowest BCUT2D eigenvalue weighted by atomic mass is 10.1. The maximum atomic E-state index is 12.7. The number of hydrogen-bond donors (Lipinski definition) is 1. The molecule has 2 fully saturated rings. The van der Waals surface area contributed by atoms with Gasteiger partial charge < -0.3 is 15.0 Å². The molecule has 1 N–H and O–H groups in total. The molecule has 1 aliphatic heterocycles. The zero-order valence-corrected chi connectivity index (χ0v) is 19.9. The molecule has 1 aliphatic carbocycles. The highest BCUT2D eigenvalue weighted by Crippen LogP contribution is 2.33. The molecule has 1 saturated heterocycles. The monoisotopic (exact) mass is 466 g/mol. The van der Waals surface area contributed by atoms with Crippen LogP contribution in [0.1, 0.15) is 64.4 Å². The SMILES string of the molecule is CCCCCC(CCN1C(=O)N[C@H]2C[C@@H](OS(=O)(=O)c3cccc(C)c3)C[C@H]21)OC(C)=O. The quantitative estimate of drug-likeness (QED) is 0.304. The minimum Gasteiger partial charge on any atom is -0.462 e. The van der Waals surface area contributed by atoms with E-state index in [2.05, 4.69) is 12.2 Å². The third-order valence-corrected chi connectivity index (χ3v) is 7.51. The molecule has 0 aromatic heterocycles. The molecule has 2 amide bonds. The third kappa shape index (κ3) is 6.22. The minimum absolute atomic E-state index is 0.131. The number of carbonyl (C=O) groups is 2. The first kappa shape index (κ1) is 24.5. The Morgan fingerprint density at radius 3 is 2.72 bits per heavy atom. The van der Waals surface area contributed by atoms with E-state index in [9.17, 15) is 18.0 Å². The Labute approximate surface area is 190 Å². The lowest BCUT2D eigenvalue weighted by molar-refractivity contribution is -0.147. The molecule has 8 nitrogen and oxygen atoms in total. The van der Waals surface area contributed by atoms with E-state index in [1.165, 1.54) is 13.0 Å². The van der Waals surface area contributed by atoms with Crippen LogP contribution in [0.15, 0.2) is 29.2 Å². The molecule has 2 aliphatic rings. The van der Waals surface area contributed by atoms with Crippen LogP contribution in [0.2, 0.25) is 0 Å². The van der Waals surface area contributed by atoms with Gasteiger partial charge in [0.05, 0.1) is 23.1 Å². The number of ether oxygens (including phenoxy) is 1. The summed E-state index contributed by atoms with van der Waals surface area (Å²) in [6.45, 7) is 5.80. The van der Waals surface area contributed by atoms with E-state index in [-0.39, 0.29) is 35.1 Å². The Morgan fingerprint density at radius 2 is 2.03 bits per heavy atom. The third-order valence-electron chi connectivity index (χ3n) is 6.15. The average molecular weight is 467 g/mol. The Bertz CT molecular complexity index is 919. The molecule has 1 unspecified atom stereocenters. The second-order valence-corrected chi connectivity index (χ2v) is 10.4. The van der Waals surface area contributed by atoms with Crippen molar-refractivity contribution >= 4 is 22.1 Å². The highest BCUT2D eigenvalue weighted by atomic mass is 32.2. The van der Waals surface area contributed by atoms with E-state index in [1.807, 2.05) is 13.0 Å². The molecule has 32 heavy (non-hydrogen) atoms. The Hall–Kier alpha value is -2.13. The van der Waals surface area contributed by atoms with E-state index in [0.29, 0.717) is 25.8 Å². The Balaban J connectivity index is 1.58. The van der Waals surface area contributed by atoms with E-state index in [0.717, 1.165) is 31.2 Å². The first-order chi connectivity index (χ1) is 15.2. The summed E-state index contributed by atoms with van der Waals surface area (Å²) in [6.07, 6.45) is 4.64. The minimum atomic E-state index is -3.87. The Kier molecular flexibility index (Phi) is 8.16. The lowest BCUT2D eigenvalue weighted by Gasteiger charge is -2.25. The van der Waals surface area contributed by atoms with E-state index in [4.69, 9.17) is 8.92 Å². The number of benzene rings is 1. The van der Waals surface area contributed by atoms with Crippen molar-refractivity contribution < 1.29 is 26.9 Å². The van der Waals surface area contributed by atoms with Crippen LogP contribution in [0, 0.1) is 6.92 Å². The van der Waals surface area contributed by atoms with Gasteiger partial charge in [-0.15, -0.1) is 0 Å². The number of nitrogens with one attached hydrogen (secondary N) is 1. The van der Waals surface area contributed by atoms with Crippen LogP contribution in [0.3, 0.4) is 0 Å². The number of hydrogen-bond acceptors (Lipinski definition) is 6. The molecule has 1 aromatic rings. The summed E-state index contributed by atoms with van der Waals surface area (Å²) >= 11 is 0. The number of amides is 2. The van der Waals surface area contributed by atoms with Crippen LogP contribution in [-0.2, 0) is 23.8 Å². The Morgan fingerprint density at radius 1 is 1.25 bits per heavy atom. The normalized spacial score (nSPS) is 23.7. The number of nitrogens with zero attached hydrogens (tertiary/aromatic N) is 1. The predicted octanol–water partition coefficient (Wildman–Crippen LogP) is 3.53. The average Bonchev–Trinajstić information content (AvgIpc) is 3.21. The maximum Gasteiger partial charge on any atom is 0.318 e. The van der Waals surface area contributed by atoms with Crippen molar-refractivity contribution in [2.75, 3.05) is 6.54 Å². The molecule has 4 atom stereocenters. The largest absolute Gasteiger partial charge is 0.462 e. The topological polar surface area (TPSA) is 102 Å².